The van der Waals surface area contributed by atoms with Crippen LogP contribution in [-0.4, -0.2) is 87.5 Å². The molecule has 1 heterocycles. The van der Waals surface area contributed by atoms with Crippen molar-refractivity contribution < 1.29 is 39.8 Å². The van der Waals surface area contributed by atoms with E-state index in [1.807, 2.05) is 0 Å². The highest BCUT2D eigenvalue weighted by Gasteiger charge is 2.44. The predicted octanol–water partition coefficient (Wildman–Crippen LogP) is 19.6. The van der Waals surface area contributed by atoms with Crippen molar-refractivity contribution in [3.05, 3.63) is 48.6 Å². The van der Waals surface area contributed by atoms with Gasteiger partial charge in [-0.15, -0.1) is 0 Å². The van der Waals surface area contributed by atoms with Gasteiger partial charge in [0.15, 0.2) is 6.29 Å². The lowest BCUT2D eigenvalue weighted by molar-refractivity contribution is -0.302. The highest BCUT2D eigenvalue weighted by Crippen LogP contribution is 2.24. The molecule has 9 nitrogen and oxygen atoms in total. The van der Waals surface area contributed by atoms with Gasteiger partial charge in [0.25, 0.3) is 0 Å². The first-order valence-electron chi connectivity index (χ1n) is 35.8. The van der Waals surface area contributed by atoms with Crippen molar-refractivity contribution in [1.29, 1.82) is 0 Å². The fourth-order valence-corrected chi connectivity index (χ4v) is 11.6. The van der Waals surface area contributed by atoms with Crippen molar-refractivity contribution in [3.8, 4) is 0 Å². The largest absolute Gasteiger partial charge is 0.394 e. The van der Waals surface area contributed by atoms with E-state index in [1.54, 1.807) is 0 Å². The topological polar surface area (TPSA) is 149 Å². The fourth-order valence-electron chi connectivity index (χ4n) is 11.6. The Morgan fingerprint density at radius 1 is 0.427 bits per heavy atom. The van der Waals surface area contributed by atoms with Crippen LogP contribution in [0.25, 0.3) is 0 Å². The van der Waals surface area contributed by atoms with Gasteiger partial charge in [0, 0.05) is 6.42 Å². The van der Waals surface area contributed by atoms with Crippen LogP contribution in [0.2, 0.25) is 0 Å². The van der Waals surface area contributed by atoms with Gasteiger partial charge >= 0.3 is 0 Å². The molecule has 7 atom stereocenters. The van der Waals surface area contributed by atoms with E-state index < -0.39 is 49.5 Å². The molecule has 0 aliphatic carbocycles. The van der Waals surface area contributed by atoms with Crippen LogP contribution in [0.4, 0.5) is 0 Å². The maximum absolute atomic E-state index is 13.2. The van der Waals surface area contributed by atoms with Crippen LogP contribution < -0.4 is 5.32 Å². The van der Waals surface area contributed by atoms with E-state index in [0.717, 1.165) is 64.2 Å². The molecule has 0 aromatic heterocycles. The monoisotopic (exact) mass is 1160 g/mol. The molecule has 1 amide bonds. The summed E-state index contributed by atoms with van der Waals surface area (Å²) in [5.41, 5.74) is 0. The first-order chi connectivity index (χ1) is 40.3. The summed E-state index contributed by atoms with van der Waals surface area (Å²) in [6.07, 6.45) is 77.6. The Balaban J connectivity index is 2.10. The second kappa shape index (κ2) is 62.2. The van der Waals surface area contributed by atoms with Gasteiger partial charge in [0.1, 0.15) is 24.4 Å². The van der Waals surface area contributed by atoms with E-state index >= 15 is 0 Å². The number of unbranched alkanes of at least 4 members (excludes halogenated alkanes) is 45. The van der Waals surface area contributed by atoms with Crippen molar-refractivity contribution in [2.75, 3.05) is 13.2 Å². The lowest BCUT2D eigenvalue weighted by atomic mass is 9.99. The molecule has 0 saturated carbocycles. The van der Waals surface area contributed by atoms with Crippen LogP contribution in [0.3, 0.4) is 0 Å². The van der Waals surface area contributed by atoms with Crippen molar-refractivity contribution >= 4 is 5.91 Å². The summed E-state index contributed by atoms with van der Waals surface area (Å²) >= 11 is 0. The Bertz CT molecular complexity index is 1430. The molecule has 1 aliphatic rings. The summed E-state index contributed by atoms with van der Waals surface area (Å²) in [5, 5.41) is 55.0. The van der Waals surface area contributed by atoms with E-state index in [9.17, 15) is 30.3 Å². The average molecular weight is 1160 g/mol. The van der Waals surface area contributed by atoms with E-state index in [0.29, 0.717) is 12.8 Å². The first kappa shape index (κ1) is 78.2. The van der Waals surface area contributed by atoms with E-state index in [-0.39, 0.29) is 12.5 Å². The zero-order valence-electron chi connectivity index (χ0n) is 54.0. The number of amides is 1. The molecule has 482 valence electrons. The van der Waals surface area contributed by atoms with Gasteiger partial charge in [-0.3, -0.25) is 4.79 Å². The molecular weight excluding hydrogens is 1020 g/mol. The van der Waals surface area contributed by atoms with Crippen LogP contribution in [-0.2, 0) is 14.3 Å². The number of hydrogen-bond acceptors (Lipinski definition) is 8. The molecule has 1 saturated heterocycles. The lowest BCUT2D eigenvalue weighted by Gasteiger charge is -2.40. The highest BCUT2D eigenvalue weighted by molar-refractivity contribution is 5.76. The van der Waals surface area contributed by atoms with Crippen molar-refractivity contribution in [2.24, 2.45) is 0 Å². The third kappa shape index (κ3) is 50.3. The normalized spacial score (nSPS) is 18.5. The molecule has 0 spiro atoms. The molecule has 7 unspecified atom stereocenters. The summed E-state index contributed by atoms with van der Waals surface area (Å²) in [4.78, 5) is 13.2. The number of aliphatic hydroxyl groups is 5. The summed E-state index contributed by atoms with van der Waals surface area (Å²) < 4.78 is 11.4. The van der Waals surface area contributed by atoms with E-state index in [4.69, 9.17) is 9.47 Å². The quantitative estimate of drug-likeness (QED) is 0.0261. The molecule has 0 bridgehead atoms. The maximum atomic E-state index is 13.2. The number of hydrogen-bond donors (Lipinski definition) is 6. The SMILES string of the molecule is CC/C=C\C/C=C\C/C=C\C/C=C\CCCCCCCCCCCCCCCCCCC(=O)NC(COC1OC(CO)C(O)C(O)C1O)C(O)CCCCCCCCCCCCCCCCCCCCCCCCCCCCCCCC. The number of allylic oxidation sites excluding steroid dienone is 8. The fraction of sp³-hybridized carbons (Fsp3) is 0.877. The number of carbonyl (C=O) groups excluding carboxylic acids is 1. The Morgan fingerprint density at radius 2 is 0.756 bits per heavy atom. The van der Waals surface area contributed by atoms with Crippen LogP contribution >= 0.6 is 0 Å². The van der Waals surface area contributed by atoms with E-state index in [1.165, 1.54) is 263 Å². The first-order valence-corrected chi connectivity index (χ1v) is 35.8. The molecule has 6 N–H and O–H groups in total. The van der Waals surface area contributed by atoms with Gasteiger partial charge in [-0.05, 0) is 51.4 Å². The van der Waals surface area contributed by atoms with Crippen molar-refractivity contribution in [1.82, 2.24) is 5.32 Å². The molecule has 1 rings (SSSR count). The average Bonchev–Trinajstić information content (AvgIpc) is 3.57. The van der Waals surface area contributed by atoms with Gasteiger partial charge in [0.2, 0.25) is 5.91 Å². The minimum atomic E-state index is -1.55. The van der Waals surface area contributed by atoms with Gasteiger partial charge in [0.05, 0.1) is 25.4 Å². The zero-order valence-corrected chi connectivity index (χ0v) is 54.0. The summed E-state index contributed by atoms with van der Waals surface area (Å²) in [5.74, 6) is -0.139. The summed E-state index contributed by atoms with van der Waals surface area (Å²) in [6, 6.07) is -0.721. The molecule has 82 heavy (non-hydrogen) atoms. The van der Waals surface area contributed by atoms with Gasteiger partial charge in [-0.2, -0.15) is 0 Å². The van der Waals surface area contributed by atoms with Gasteiger partial charge < -0.3 is 40.3 Å². The Labute approximate surface area is 507 Å². The Morgan fingerprint density at radius 3 is 1.12 bits per heavy atom. The van der Waals surface area contributed by atoms with Crippen molar-refractivity contribution in [2.45, 2.75) is 397 Å². The molecule has 0 aromatic rings. The van der Waals surface area contributed by atoms with Crippen molar-refractivity contribution in [3.63, 3.8) is 0 Å². The second-order valence-corrected chi connectivity index (χ2v) is 25.0. The lowest BCUT2D eigenvalue weighted by Crippen LogP contribution is -2.60. The minimum absolute atomic E-state index is 0.136. The third-order valence-electron chi connectivity index (χ3n) is 17.2. The molecular formula is C73H137NO8. The van der Waals surface area contributed by atoms with Crippen LogP contribution in [0.15, 0.2) is 48.6 Å². The summed E-state index contributed by atoms with van der Waals surface area (Å²) in [7, 11) is 0. The number of rotatable bonds is 63. The molecule has 0 aromatic carbocycles. The smallest absolute Gasteiger partial charge is 0.220 e. The third-order valence-corrected chi connectivity index (χ3v) is 17.2. The molecule has 9 heteroatoms. The maximum Gasteiger partial charge on any atom is 0.220 e. The van der Waals surface area contributed by atoms with E-state index in [2.05, 4.69) is 67.8 Å². The van der Waals surface area contributed by atoms with Gasteiger partial charge in [-0.1, -0.05) is 345 Å². The number of aliphatic hydroxyl groups excluding tert-OH is 5. The predicted molar refractivity (Wildman–Crippen MR) is 350 cm³/mol. The standard InChI is InChI=1S/C73H137NO8/c1-3-5-7-9-11-13-15-17-19-21-23-25-27-29-31-33-35-36-38-40-42-44-46-48-50-52-54-56-58-60-62-67(76)66(65-81-73-72(80)71(79)70(78)68(64-75)82-73)74-69(77)63-61-59-57-55-53-51-49-47-45-43-41-39-37-34-32-30-28-26-24-22-20-18-16-14-12-10-8-6-4-2/h6,8,12,14,18,20,24,26,66-68,70-73,75-76,78-80H,3-5,7,9-11,13,15-17,19,21-23,25,27-65H2,1-2H3,(H,74,77)/b8-6-,14-12-,20-18-,26-24-. The molecule has 1 fully saturated rings. The molecule has 1 aliphatic heterocycles. The molecule has 0 radical (unpaired) electrons. The number of nitrogens with one attached hydrogen (secondary N) is 1. The van der Waals surface area contributed by atoms with Gasteiger partial charge in [-0.25, -0.2) is 0 Å². The minimum Gasteiger partial charge on any atom is -0.394 e. The second-order valence-electron chi connectivity index (χ2n) is 25.0. The van der Waals surface area contributed by atoms with Crippen LogP contribution in [0.5, 0.6) is 0 Å². The van der Waals surface area contributed by atoms with Crippen LogP contribution in [0, 0.1) is 0 Å². The Hall–Kier alpha value is -1.85. The highest BCUT2D eigenvalue weighted by atomic mass is 16.7. The zero-order chi connectivity index (χ0) is 59.3. The van der Waals surface area contributed by atoms with Crippen LogP contribution in [0.1, 0.15) is 354 Å². The Kier molecular flexibility index (Phi) is 59.3. The number of ether oxygens (including phenoxy) is 2. The summed E-state index contributed by atoms with van der Waals surface area (Å²) in [6.45, 7) is 3.78. The number of carbonyl (C=O) groups is 1.